The lowest BCUT2D eigenvalue weighted by Gasteiger charge is -2.27. The maximum absolute atomic E-state index is 12.8. The Hall–Kier alpha value is -1.09. The number of benzene rings is 1. The lowest BCUT2D eigenvalue weighted by atomic mass is 10.1. The third-order valence-electron chi connectivity index (χ3n) is 2.60. The van der Waals surface area contributed by atoms with Crippen molar-refractivity contribution in [1.82, 2.24) is 4.90 Å². The first-order valence-corrected chi connectivity index (χ1v) is 5.74. The third-order valence-corrected chi connectivity index (χ3v) is 2.82. The zero-order valence-electron chi connectivity index (χ0n) is 9.41. The molecule has 1 rings (SSSR count). The summed E-state index contributed by atoms with van der Waals surface area (Å²) in [5, 5.41) is 0. The molecule has 16 heavy (non-hydrogen) atoms. The van der Waals surface area contributed by atoms with Crippen LogP contribution in [0.15, 0.2) is 24.3 Å². The maximum atomic E-state index is 12.8. The molecule has 0 N–H and O–H groups in total. The number of amides is 1. The van der Waals surface area contributed by atoms with Gasteiger partial charge in [-0.3, -0.25) is 4.79 Å². The van der Waals surface area contributed by atoms with Gasteiger partial charge in [-0.2, -0.15) is 0 Å². The van der Waals surface area contributed by atoms with Crippen molar-refractivity contribution in [2.45, 2.75) is 19.9 Å². The monoisotopic (exact) mass is 243 g/mol. The molecule has 0 aromatic heterocycles. The van der Waals surface area contributed by atoms with Crippen molar-refractivity contribution in [2.24, 2.45) is 0 Å². The van der Waals surface area contributed by atoms with Gasteiger partial charge in [0.15, 0.2) is 0 Å². The van der Waals surface area contributed by atoms with E-state index in [0.717, 1.165) is 5.56 Å². The molecule has 0 aliphatic rings. The summed E-state index contributed by atoms with van der Waals surface area (Å²) in [6.45, 7) is 4.38. The Balaban J connectivity index is 2.86. The largest absolute Gasteiger partial charge is 0.335 e. The highest BCUT2D eigenvalue weighted by atomic mass is 35.5. The minimum Gasteiger partial charge on any atom is -0.335 e. The van der Waals surface area contributed by atoms with Gasteiger partial charge in [0.25, 0.3) is 0 Å². The average Bonchev–Trinajstić information content (AvgIpc) is 2.30. The molecule has 4 heteroatoms. The average molecular weight is 244 g/mol. The first kappa shape index (κ1) is 13.0. The number of carbonyl (C=O) groups excluding carboxylic acids is 1. The molecular formula is C12H15ClFNO. The molecule has 1 unspecified atom stereocenters. The van der Waals surface area contributed by atoms with E-state index in [2.05, 4.69) is 0 Å². The molecule has 1 aromatic carbocycles. The summed E-state index contributed by atoms with van der Waals surface area (Å²) >= 11 is 5.53. The van der Waals surface area contributed by atoms with Gasteiger partial charge in [-0.1, -0.05) is 12.1 Å². The van der Waals surface area contributed by atoms with E-state index in [1.807, 2.05) is 13.8 Å². The van der Waals surface area contributed by atoms with Gasteiger partial charge >= 0.3 is 0 Å². The van der Waals surface area contributed by atoms with E-state index in [0.29, 0.717) is 6.54 Å². The Labute approximate surface area is 100 Å². The highest BCUT2D eigenvalue weighted by Gasteiger charge is 2.18. The second-order valence-electron chi connectivity index (χ2n) is 3.54. The number of rotatable bonds is 4. The van der Waals surface area contributed by atoms with Crippen molar-refractivity contribution >= 4 is 17.5 Å². The zero-order valence-corrected chi connectivity index (χ0v) is 10.2. The second-order valence-corrected chi connectivity index (χ2v) is 3.81. The third kappa shape index (κ3) is 2.95. The second kappa shape index (κ2) is 5.85. The molecule has 88 valence electrons. The van der Waals surface area contributed by atoms with Crippen molar-refractivity contribution in [3.05, 3.63) is 35.6 Å². The Morgan fingerprint density at radius 3 is 2.44 bits per heavy atom. The van der Waals surface area contributed by atoms with E-state index in [1.54, 1.807) is 17.0 Å². The molecule has 0 saturated heterocycles. The predicted octanol–water partition coefficient (Wildman–Crippen LogP) is 2.97. The van der Waals surface area contributed by atoms with Crippen molar-refractivity contribution in [1.29, 1.82) is 0 Å². The zero-order chi connectivity index (χ0) is 12.1. The molecule has 0 radical (unpaired) electrons. The molecule has 1 atom stereocenters. The maximum Gasteiger partial charge on any atom is 0.237 e. The SMILES string of the molecule is CCN(C(=O)CCl)C(C)c1ccc(F)cc1. The summed E-state index contributed by atoms with van der Waals surface area (Å²) in [4.78, 5) is 13.2. The van der Waals surface area contributed by atoms with Crippen molar-refractivity contribution < 1.29 is 9.18 Å². The molecular weight excluding hydrogens is 229 g/mol. The van der Waals surface area contributed by atoms with Crippen LogP contribution in [0.25, 0.3) is 0 Å². The Morgan fingerprint density at radius 2 is 2.00 bits per heavy atom. The van der Waals surface area contributed by atoms with Gasteiger partial charge < -0.3 is 4.90 Å². The molecule has 2 nitrogen and oxygen atoms in total. The Kier molecular flexibility index (Phi) is 4.74. The van der Waals surface area contributed by atoms with Gasteiger partial charge in [-0.05, 0) is 31.5 Å². The fraction of sp³-hybridized carbons (Fsp3) is 0.417. The van der Waals surface area contributed by atoms with Crippen LogP contribution in [0.2, 0.25) is 0 Å². The molecule has 1 amide bonds. The van der Waals surface area contributed by atoms with Crippen molar-refractivity contribution in [2.75, 3.05) is 12.4 Å². The lowest BCUT2D eigenvalue weighted by Crippen LogP contribution is -2.34. The molecule has 0 aliphatic heterocycles. The van der Waals surface area contributed by atoms with Crippen LogP contribution in [0.1, 0.15) is 25.5 Å². The summed E-state index contributed by atoms with van der Waals surface area (Å²) in [7, 11) is 0. The van der Waals surface area contributed by atoms with Gasteiger partial charge in [0, 0.05) is 6.54 Å². The number of alkyl halides is 1. The predicted molar refractivity (Wildman–Crippen MR) is 62.9 cm³/mol. The van der Waals surface area contributed by atoms with Crippen LogP contribution in [0, 0.1) is 5.82 Å². The van der Waals surface area contributed by atoms with Gasteiger partial charge in [0.05, 0.1) is 6.04 Å². The Bertz CT molecular complexity index is 353. The summed E-state index contributed by atoms with van der Waals surface area (Å²) < 4.78 is 12.8. The molecule has 0 heterocycles. The summed E-state index contributed by atoms with van der Waals surface area (Å²) in [5.74, 6) is -0.414. The first-order valence-electron chi connectivity index (χ1n) is 5.21. The van der Waals surface area contributed by atoms with Gasteiger partial charge in [-0.15, -0.1) is 11.6 Å². The van der Waals surface area contributed by atoms with Crippen LogP contribution >= 0.6 is 11.6 Å². The van der Waals surface area contributed by atoms with E-state index >= 15 is 0 Å². The fourth-order valence-corrected chi connectivity index (χ4v) is 1.82. The van der Waals surface area contributed by atoms with Crippen LogP contribution in [0.3, 0.4) is 0 Å². The quantitative estimate of drug-likeness (QED) is 0.745. The van der Waals surface area contributed by atoms with Crippen LogP contribution in [-0.4, -0.2) is 23.2 Å². The number of nitrogens with zero attached hydrogens (tertiary/aromatic N) is 1. The number of hydrogen-bond acceptors (Lipinski definition) is 1. The summed E-state index contributed by atoms with van der Waals surface area (Å²) in [6.07, 6.45) is 0. The van der Waals surface area contributed by atoms with E-state index in [-0.39, 0.29) is 23.6 Å². The standard InChI is InChI=1S/C12H15ClFNO/c1-3-15(12(16)8-13)9(2)10-4-6-11(14)7-5-10/h4-7,9H,3,8H2,1-2H3. The molecule has 0 bridgehead atoms. The van der Waals surface area contributed by atoms with Crippen molar-refractivity contribution in [3.63, 3.8) is 0 Å². The van der Waals surface area contributed by atoms with Crippen LogP contribution < -0.4 is 0 Å². The number of carbonyl (C=O) groups is 1. The van der Waals surface area contributed by atoms with Crippen LogP contribution in [-0.2, 0) is 4.79 Å². The molecule has 1 aromatic rings. The first-order chi connectivity index (χ1) is 7.60. The van der Waals surface area contributed by atoms with E-state index < -0.39 is 0 Å². The molecule has 0 fully saturated rings. The summed E-state index contributed by atoms with van der Waals surface area (Å²) in [6, 6.07) is 6.07. The number of halogens is 2. The van der Waals surface area contributed by atoms with E-state index in [1.165, 1.54) is 12.1 Å². The van der Waals surface area contributed by atoms with Crippen LogP contribution in [0.4, 0.5) is 4.39 Å². The molecule has 0 saturated carbocycles. The van der Waals surface area contributed by atoms with Gasteiger partial charge in [-0.25, -0.2) is 4.39 Å². The van der Waals surface area contributed by atoms with Crippen LogP contribution in [0.5, 0.6) is 0 Å². The molecule has 0 spiro atoms. The normalized spacial score (nSPS) is 12.2. The van der Waals surface area contributed by atoms with Gasteiger partial charge in [0.2, 0.25) is 5.91 Å². The molecule has 0 aliphatic carbocycles. The Morgan fingerprint density at radius 1 is 1.44 bits per heavy atom. The topological polar surface area (TPSA) is 20.3 Å². The fourth-order valence-electron chi connectivity index (χ4n) is 1.66. The lowest BCUT2D eigenvalue weighted by molar-refractivity contribution is -0.130. The highest BCUT2D eigenvalue weighted by molar-refractivity contribution is 6.27. The summed E-state index contributed by atoms with van der Waals surface area (Å²) in [5.41, 5.74) is 0.904. The van der Waals surface area contributed by atoms with Crippen molar-refractivity contribution in [3.8, 4) is 0 Å². The van der Waals surface area contributed by atoms with Gasteiger partial charge in [0.1, 0.15) is 11.7 Å². The minimum absolute atomic E-state index is 0.0284. The van der Waals surface area contributed by atoms with E-state index in [4.69, 9.17) is 11.6 Å². The minimum atomic E-state index is -0.275. The van der Waals surface area contributed by atoms with E-state index in [9.17, 15) is 9.18 Å². The smallest absolute Gasteiger partial charge is 0.237 e. The number of hydrogen-bond donors (Lipinski definition) is 0. The highest BCUT2D eigenvalue weighted by Crippen LogP contribution is 2.20.